The van der Waals surface area contributed by atoms with Gasteiger partial charge >= 0.3 is 5.97 Å². The molecule has 0 aliphatic carbocycles. The highest BCUT2D eigenvalue weighted by Gasteiger charge is 2.25. The Morgan fingerprint density at radius 2 is 1.68 bits per heavy atom. The minimum atomic E-state index is -0.517. The first kappa shape index (κ1) is 25.7. The van der Waals surface area contributed by atoms with Crippen LogP contribution < -0.4 is 5.32 Å². The number of aromatic hydroxyl groups is 1. The van der Waals surface area contributed by atoms with E-state index in [-0.39, 0.29) is 23.8 Å². The minimum absolute atomic E-state index is 0.159. The number of nitrogens with zero attached hydrogens (tertiary/aromatic N) is 1. The number of esters is 1. The normalized spacial score (nSPS) is 11.2. The molecule has 0 saturated carbocycles. The standard InChI is InChI=1S/C27H34N2O4S/c1-4-7-16-29(17-8-5-2)18-20-14-15-21-22(27(32)33-6-3)26(34-24(21)23(20)30)28-25(31)19-12-10-9-11-13-19/h9-15,30H,4-8,16-18H2,1-3H3,(H,28,31). The van der Waals surface area contributed by atoms with Gasteiger partial charge in [-0.3, -0.25) is 9.69 Å². The zero-order valence-corrected chi connectivity index (χ0v) is 21.0. The maximum absolute atomic E-state index is 12.8. The number of carbonyl (C=O) groups excluding carboxylic acids is 2. The Labute approximate surface area is 205 Å². The molecule has 1 aromatic heterocycles. The lowest BCUT2D eigenvalue weighted by Crippen LogP contribution is -2.25. The van der Waals surface area contributed by atoms with Crippen molar-refractivity contribution in [2.24, 2.45) is 0 Å². The van der Waals surface area contributed by atoms with E-state index in [1.807, 2.05) is 18.2 Å². The van der Waals surface area contributed by atoms with Gasteiger partial charge in [-0.25, -0.2) is 4.79 Å². The SMILES string of the molecule is CCCCN(CCCC)Cc1ccc2c(C(=O)OCC)c(NC(=O)c3ccccc3)sc2c1O. The number of thiophene rings is 1. The average Bonchev–Trinajstić information content (AvgIpc) is 3.21. The highest BCUT2D eigenvalue weighted by Crippen LogP contribution is 2.43. The summed E-state index contributed by atoms with van der Waals surface area (Å²) in [5.41, 5.74) is 1.58. The summed E-state index contributed by atoms with van der Waals surface area (Å²) < 4.78 is 5.85. The van der Waals surface area contributed by atoms with Crippen LogP contribution in [0.4, 0.5) is 5.00 Å². The zero-order valence-electron chi connectivity index (χ0n) is 20.2. The molecule has 3 aromatic rings. The highest BCUT2D eigenvalue weighted by molar-refractivity contribution is 7.24. The number of rotatable bonds is 12. The minimum Gasteiger partial charge on any atom is -0.506 e. The summed E-state index contributed by atoms with van der Waals surface area (Å²) in [6, 6.07) is 12.6. The van der Waals surface area contributed by atoms with Crippen LogP contribution in [0.3, 0.4) is 0 Å². The average molecular weight is 483 g/mol. The molecule has 0 fully saturated rings. The molecule has 34 heavy (non-hydrogen) atoms. The van der Waals surface area contributed by atoms with Gasteiger partial charge in [0.15, 0.2) is 0 Å². The number of hydrogen-bond donors (Lipinski definition) is 2. The third-order valence-electron chi connectivity index (χ3n) is 5.71. The molecule has 0 unspecified atom stereocenters. The summed E-state index contributed by atoms with van der Waals surface area (Å²) in [6.45, 7) is 8.90. The van der Waals surface area contributed by atoms with E-state index in [1.54, 1.807) is 31.2 Å². The van der Waals surface area contributed by atoms with Crippen molar-refractivity contribution >= 4 is 38.3 Å². The van der Waals surface area contributed by atoms with E-state index in [0.29, 0.717) is 27.2 Å². The number of phenols is 1. The molecule has 2 aromatic carbocycles. The number of amides is 1. The Balaban J connectivity index is 1.98. The number of carbonyl (C=O) groups is 2. The highest BCUT2D eigenvalue weighted by atomic mass is 32.1. The molecular formula is C27H34N2O4S. The predicted octanol–water partition coefficient (Wildman–Crippen LogP) is 6.44. The molecule has 0 spiro atoms. The molecule has 1 amide bonds. The number of anilines is 1. The summed E-state index contributed by atoms with van der Waals surface area (Å²) >= 11 is 1.20. The largest absolute Gasteiger partial charge is 0.506 e. The van der Waals surface area contributed by atoms with Crippen molar-refractivity contribution in [1.29, 1.82) is 0 Å². The van der Waals surface area contributed by atoms with Crippen LogP contribution in [-0.4, -0.2) is 41.6 Å². The summed E-state index contributed by atoms with van der Waals surface area (Å²) in [6.07, 6.45) is 4.45. The van der Waals surface area contributed by atoms with Crippen LogP contribution in [0.1, 0.15) is 72.7 Å². The van der Waals surface area contributed by atoms with E-state index < -0.39 is 5.97 Å². The van der Waals surface area contributed by atoms with E-state index in [1.165, 1.54) is 11.3 Å². The number of hydrogen-bond acceptors (Lipinski definition) is 6. The van der Waals surface area contributed by atoms with Gasteiger partial charge in [0, 0.05) is 23.1 Å². The van der Waals surface area contributed by atoms with Gasteiger partial charge in [0.05, 0.1) is 11.3 Å². The van der Waals surface area contributed by atoms with Crippen molar-refractivity contribution in [1.82, 2.24) is 4.90 Å². The quantitative estimate of drug-likeness (QED) is 0.291. The molecule has 1 heterocycles. The van der Waals surface area contributed by atoms with E-state index in [2.05, 4.69) is 24.1 Å². The lowest BCUT2D eigenvalue weighted by Gasteiger charge is -2.22. The first-order valence-electron chi connectivity index (χ1n) is 12.0. The van der Waals surface area contributed by atoms with E-state index >= 15 is 0 Å². The molecule has 0 atom stereocenters. The Hall–Kier alpha value is -2.90. The second-order valence-corrected chi connectivity index (χ2v) is 9.30. The van der Waals surface area contributed by atoms with Crippen molar-refractivity contribution < 1.29 is 19.4 Å². The van der Waals surface area contributed by atoms with Gasteiger partial charge in [0.25, 0.3) is 5.91 Å². The maximum Gasteiger partial charge on any atom is 0.341 e. The Kier molecular flexibility index (Phi) is 9.48. The summed E-state index contributed by atoms with van der Waals surface area (Å²) in [4.78, 5) is 28.0. The first-order chi connectivity index (χ1) is 16.5. The van der Waals surface area contributed by atoms with Crippen LogP contribution in [0.5, 0.6) is 5.75 Å². The number of benzene rings is 2. The molecule has 6 nitrogen and oxygen atoms in total. The first-order valence-corrected chi connectivity index (χ1v) is 12.8. The third kappa shape index (κ3) is 6.15. The number of unbranched alkanes of at least 4 members (excludes halogenated alkanes) is 2. The van der Waals surface area contributed by atoms with Crippen LogP contribution in [0.25, 0.3) is 10.1 Å². The van der Waals surface area contributed by atoms with Gasteiger partial charge in [-0.05, 0) is 45.0 Å². The van der Waals surface area contributed by atoms with E-state index in [0.717, 1.165) is 44.3 Å². The van der Waals surface area contributed by atoms with Gasteiger partial charge in [0.1, 0.15) is 16.3 Å². The number of nitrogens with one attached hydrogen (secondary N) is 1. The van der Waals surface area contributed by atoms with Crippen LogP contribution in [-0.2, 0) is 11.3 Å². The van der Waals surface area contributed by atoms with Crippen molar-refractivity contribution in [3.63, 3.8) is 0 Å². The fraction of sp³-hybridized carbons (Fsp3) is 0.407. The Bertz CT molecular complexity index is 1100. The monoisotopic (exact) mass is 482 g/mol. The van der Waals surface area contributed by atoms with E-state index in [4.69, 9.17) is 4.74 Å². The smallest absolute Gasteiger partial charge is 0.341 e. The molecule has 2 N–H and O–H groups in total. The molecule has 182 valence electrons. The summed E-state index contributed by atoms with van der Waals surface area (Å²) in [5, 5.41) is 15.0. The predicted molar refractivity (Wildman–Crippen MR) is 139 cm³/mol. The van der Waals surface area contributed by atoms with Gasteiger partial charge in [-0.2, -0.15) is 0 Å². The van der Waals surface area contributed by atoms with Crippen molar-refractivity contribution in [3.8, 4) is 5.75 Å². The number of ether oxygens (including phenoxy) is 1. The zero-order chi connectivity index (χ0) is 24.5. The van der Waals surface area contributed by atoms with Crippen LogP contribution in [0, 0.1) is 0 Å². The Morgan fingerprint density at radius 3 is 2.29 bits per heavy atom. The second-order valence-electron chi connectivity index (χ2n) is 8.28. The molecule has 0 aliphatic rings. The molecule has 0 aliphatic heterocycles. The maximum atomic E-state index is 12.8. The van der Waals surface area contributed by atoms with Gasteiger partial charge in [0.2, 0.25) is 0 Å². The molecule has 0 saturated heterocycles. The van der Waals surface area contributed by atoms with E-state index in [9.17, 15) is 14.7 Å². The molecule has 0 bridgehead atoms. The van der Waals surface area contributed by atoms with Crippen LogP contribution in [0.15, 0.2) is 42.5 Å². The third-order valence-corrected chi connectivity index (χ3v) is 6.84. The lowest BCUT2D eigenvalue weighted by molar-refractivity contribution is 0.0530. The number of fused-ring (bicyclic) bond motifs is 1. The molecule has 0 radical (unpaired) electrons. The van der Waals surface area contributed by atoms with Crippen LogP contribution >= 0.6 is 11.3 Å². The topological polar surface area (TPSA) is 78.9 Å². The van der Waals surface area contributed by atoms with Crippen molar-refractivity contribution in [3.05, 3.63) is 59.2 Å². The lowest BCUT2D eigenvalue weighted by atomic mass is 10.1. The fourth-order valence-electron chi connectivity index (χ4n) is 3.85. The number of phenolic OH excluding ortho intramolecular Hbond substituents is 1. The fourth-order valence-corrected chi connectivity index (χ4v) is 5.00. The van der Waals surface area contributed by atoms with Gasteiger partial charge in [-0.1, -0.05) is 57.0 Å². The summed E-state index contributed by atoms with van der Waals surface area (Å²) in [5.74, 6) is -0.675. The van der Waals surface area contributed by atoms with Gasteiger partial charge < -0.3 is 15.2 Å². The summed E-state index contributed by atoms with van der Waals surface area (Å²) in [7, 11) is 0. The molecular weight excluding hydrogens is 448 g/mol. The molecule has 3 rings (SSSR count). The second kappa shape index (κ2) is 12.5. The van der Waals surface area contributed by atoms with Crippen molar-refractivity contribution in [2.75, 3.05) is 25.0 Å². The van der Waals surface area contributed by atoms with Crippen molar-refractivity contribution in [2.45, 2.75) is 53.0 Å². The Morgan fingerprint density at radius 1 is 1.00 bits per heavy atom. The van der Waals surface area contributed by atoms with Crippen LogP contribution in [0.2, 0.25) is 0 Å². The van der Waals surface area contributed by atoms with Gasteiger partial charge in [-0.15, -0.1) is 11.3 Å². The molecule has 7 heteroatoms.